The van der Waals surface area contributed by atoms with Crippen LogP contribution in [-0.4, -0.2) is 11.4 Å². The fraction of sp³-hybridized carbons (Fsp3) is 0.300. The molecule has 2 nitrogen and oxygen atoms in total. The zero-order valence-corrected chi connectivity index (χ0v) is 6.96. The molecule has 0 aromatic heterocycles. The fourth-order valence-corrected chi connectivity index (χ4v) is 1.43. The summed E-state index contributed by atoms with van der Waals surface area (Å²) in [4.78, 5) is 10.7. The third-order valence-electron chi connectivity index (χ3n) is 2.54. The average molecular weight is 180 g/mol. The van der Waals surface area contributed by atoms with Gasteiger partial charge < -0.3 is 9.90 Å². The van der Waals surface area contributed by atoms with Crippen molar-refractivity contribution in [3.8, 4) is 5.75 Å². The van der Waals surface area contributed by atoms with E-state index in [1.165, 1.54) is 12.1 Å². The van der Waals surface area contributed by atoms with E-state index >= 15 is 0 Å². The summed E-state index contributed by atoms with van der Waals surface area (Å²) >= 11 is 0. The Morgan fingerprint density at radius 2 is 2.15 bits per heavy atom. The van der Waals surface area contributed by atoms with E-state index in [1.807, 2.05) is 0 Å². The van der Waals surface area contributed by atoms with Crippen LogP contribution >= 0.6 is 0 Å². The molecule has 0 amide bonds. The van der Waals surface area contributed by atoms with Crippen molar-refractivity contribution in [1.82, 2.24) is 0 Å². The third kappa shape index (κ3) is 1.20. The van der Waals surface area contributed by atoms with Gasteiger partial charge in [-0.25, -0.2) is 4.39 Å². The number of hydrogen-bond donors (Lipinski definition) is 1. The molecule has 0 aliphatic heterocycles. The molecule has 0 saturated heterocycles. The summed E-state index contributed by atoms with van der Waals surface area (Å²) in [7, 11) is 0. The van der Waals surface area contributed by atoms with Crippen molar-refractivity contribution < 1.29 is 14.3 Å². The van der Waals surface area contributed by atoms with E-state index in [-0.39, 0.29) is 5.75 Å². The number of benzene rings is 1. The van der Waals surface area contributed by atoms with Crippen molar-refractivity contribution in [1.29, 1.82) is 0 Å². The summed E-state index contributed by atoms with van der Waals surface area (Å²) in [5.41, 5.74) is 0.201. The third-order valence-corrected chi connectivity index (χ3v) is 2.54. The predicted molar refractivity (Wildman–Crippen MR) is 45.0 cm³/mol. The Morgan fingerprint density at radius 1 is 1.46 bits per heavy atom. The Morgan fingerprint density at radius 3 is 2.62 bits per heavy atom. The molecule has 1 N–H and O–H groups in total. The van der Waals surface area contributed by atoms with E-state index in [4.69, 9.17) is 5.11 Å². The van der Waals surface area contributed by atoms with Crippen LogP contribution in [0.4, 0.5) is 4.39 Å². The number of phenolic OH excluding ortho intramolecular Hbond substituents is 1. The first kappa shape index (κ1) is 8.23. The first-order chi connectivity index (χ1) is 6.18. The number of aldehydes is 1. The monoisotopic (exact) mass is 180 g/mol. The van der Waals surface area contributed by atoms with Crippen LogP contribution in [0, 0.1) is 5.82 Å². The molecule has 0 spiro atoms. The fourth-order valence-electron chi connectivity index (χ4n) is 1.43. The second kappa shape index (κ2) is 2.55. The first-order valence-corrected chi connectivity index (χ1v) is 4.13. The van der Waals surface area contributed by atoms with E-state index in [2.05, 4.69) is 0 Å². The molecule has 0 unspecified atom stereocenters. The summed E-state index contributed by atoms with van der Waals surface area (Å²) in [6.45, 7) is 0. The van der Waals surface area contributed by atoms with Crippen molar-refractivity contribution >= 4 is 6.29 Å². The smallest absolute Gasteiger partial charge is 0.165 e. The molecule has 1 fully saturated rings. The lowest BCUT2D eigenvalue weighted by molar-refractivity contribution is -0.109. The Kier molecular flexibility index (Phi) is 1.62. The highest BCUT2D eigenvalue weighted by Gasteiger charge is 2.44. The summed E-state index contributed by atoms with van der Waals surface area (Å²) in [6.07, 6.45) is 2.42. The zero-order valence-electron chi connectivity index (χ0n) is 6.96. The molecule has 0 bridgehead atoms. The summed E-state index contributed by atoms with van der Waals surface area (Å²) < 4.78 is 12.9. The van der Waals surface area contributed by atoms with Crippen molar-refractivity contribution in [2.75, 3.05) is 0 Å². The largest absolute Gasteiger partial charge is 0.505 e. The minimum absolute atomic E-state index is 0.370. The van der Waals surface area contributed by atoms with Gasteiger partial charge in [-0.3, -0.25) is 0 Å². The van der Waals surface area contributed by atoms with Gasteiger partial charge in [0.15, 0.2) is 11.6 Å². The second-order valence-electron chi connectivity index (χ2n) is 3.44. The van der Waals surface area contributed by atoms with Gasteiger partial charge in [-0.05, 0) is 30.5 Å². The number of hydrogen-bond acceptors (Lipinski definition) is 2. The molecule has 0 heterocycles. The Labute approximate surface area is 75.0 Å². The van der Waals surface area contributed by atoms with Crippen LogP contribution in [0.25, 0.3) is 0 Å². The molecule has 1 aliphatic carbocycles. The predicted octanol–water partition coefficient (Wildman–Crippen LogP) is 1.76. The normalized spacial score (nSPS) is 18.2. The molecule has 0 radical (unpaired) electrons. The molecule has 0 atom stereocenters. The molecule has 1 saturated carbocycles. The van der Waals surface area contributed by atoms with Crippen LogP contribution in [0.2, 0.25) is 0 Å². The van der Waals surface area contributed by atoms with Crippen LogP contribution in [-0.2, 0) is 10.2 Å². The Hall–Kier alpha value is -1.38. The Balaban J connectivity index is 2.42. The van der Waals surface area contributed by atoms with Crippen LogP contribution in [0.3, 0.4) is 0 Å². The molecule has 2 rings (SSSR count). The maximum atomic E-state index is 12.9. The minimum atomic E-state index is -0.661. The highest BCUT2D eigenvalue weighted by molar-refractivity contribution is 5.73. The molecular formula is C10H9FO2. The highest BCUT2D eigenvalue weighted by atomic mass is 19.1. The number of carbonyl (C=O) groups excluding carboxylic acids is 1. The standard InChI is InChI=1S/C10H9FO2/c11-8-5-7(1-2-9(8)13)10(6-12)3-4-10/h1-2,5-6,13H,3-4H2. The molecular weight excluding hydrogens is 171 g/mol. The van der Waals surface area contributed by atoms with Crippen molar-refractivity contribution in [2.24, 2.45) is 0 Å². The average Bonchev–Trinajstić information content (AvgIpc) is 2.90. The van der Waals surface area contributed by atoms with Crippen LogP contribution in [0.1, 0.15) is 18.4 Å². The van der Waals surface area contributed by atoms with E-state index in [9.17, 15) is 9.18 Å². The van der Waals surface area contributed by atoms with E-state index in [0.717, 1.165) is 19.1 Å². The van der Waals surface area contributed by atoms with Gasteiger partial charge >= 0.3 is 0 Å². The lowest BCUT2D eigenvalue weighted by atomic mass is 9.98. The number of rotatable bonds is 2. The molecule has 3 heteroatoms. The highest BCUT2D eigenvalue weighted by Crippen LogP contribution is 2.46. The van der Waals surface area contributed by atoms with Gasteiger partial charge in [0.25, 0.3) is 0 Å². The summed E-state index contributed by atoms with van der Waals surface area (Å²) in [5, 5.41) is 8.94. The van der Waals surface area contributed by atoms with Gasteiger partial charge in [-0.1, -0.05) is 6.07 Å². The first-order valence-electron chi connectivity index (χ1n) is 4.13. The summed E-state index contributed by atoms with van der Waals surface area (Å²) in [6, 6.07) is 4.12. The topological polar surface area (TPSA) is 37.3 Å². The summed E-state index contributed by atoms with van der Waals surface area (Å²) in [5.74, 6) is -1.03. The van der Waals surface area contributed by atoms with Crippen LogP contribution in [0.5, 0.6) is 5.75 Å². The maximum absolute atomic E-state index is 12.9. The van der Waals surface area contributed by atoms with Crippen LogP contribution < -0.4 is 0 Å². The quantitative estimate of drug-likeness (QED) is 0.704. The lowest BCUT2D eigenvalue weighted by Gasteiger charge is -2.07. The van der Waals surface area contributed by atoms with Gasteiger partial charge in [-0.2, -0.15) is 0 Å². The van der Waals surface area contributed by atoms with E-state index in [1.54, 1.807) is 6.07 Å². The molecule has 1 aromatic carbocycles. The lowest BCUT2D eigenvalue weighted by Crippen LogP contribution is -2.07. The van der Waals surface area contributed by atoms with Crippen molar-refractivity contribution in [3.63, 3.8) is 0 Å². The van der Waals surface area contributed by atoms with Gasteiger partial charge in [0.1, 0.15) is 6.29 Å². The van der Waals surface area contributed by atoms with Gasteiger partial charge in [0.05, 0.1) is 5.41 Å². The second-order valence-corrected chi connectivity index (χ2v) is 3.44. The van der Waals surface area contributed by atoms with Gasteiger partial charge in [0, 0.05) is 0 Å². The molecule has 1 aromatic rings. The number of carbonyl (C=O) groups is 1. The van der Waals surface area contributed by atoms with Gasteiger partial charge in [0.2, 0.25) is 0 Å². The molecule has 1 aliphatic rings. The minimum Gasteiger partial charge on any atom is -0.505 e. The number of halogens is 1. The molecule has 68 valence electrons. The van der Waals surface area contributed by atoms with Gasteiger partial charge in [-0.15, -0.1) is 0 Å². The maximum Gasteiger partial charge on any atom is 0.165 e. The number of phenols is 1. The SMILES string of the molecule is O=CC1(c2ccc(O)c(F)c2)CC1. The van der Waals surface area contributed by atoms with E-state index in [0.29, 0.717) is 5.56 Å². The van der Waals surface area contributed by atoms with Crippen LogP contribution in [0.15, 0.2) is 18.2 Å². The Bertz CT molecular complexity index is 356. The van der Waals surface area contributed by atoms with E-state index < -0.39 is 11.2 Å². The van der Waals surface area contributed by atoms with Crippen molar-refractivity contribution in [2.45, 2.75) is 18.3 Å². The van der Waals surface area contributed by atoms with Crippen molar-refractivity contribution in [3.05, 3.63) is 29.6 Å². The zero-order chi connectivity index (χ0) is 9.47. The molecule has 13 heavy (non-hydrogen) atoms. The number of aromatic hydroxyl groups is 1.